The molecule has 0 aromatic rings. The van der Waals surface area contributed by atoms with Crippen LogP contribution in [0.3, 0.4) is 0 Å². The predicted molar refractivity (Wildman–Crippen MR) is 142 cm³/mol. The number of halogens is 1. The lowest BCUT2D eigenvalue weighted by atomic mass is 10.1. The maximum atomic E-state index is 12.0. The standard InChI is InChI=1S/C29H60NO3.ClH/c1-5-7-9-11-13-15-17-19-21-23-25-30(3,4)26-28(31)27-33-29(32)24-22-20-18-16-14-12-10-8-6-2;/h28,31H,5-27H2,1-4H3;1H/q+1;/p-1. The number of hydrogen-bond acceptors (Lipinski definition) is 3. The summed E-state index contributed by atoms with van der Waals surface area (Å²) >= 11 is 0. The Morgan fingerprint density at radius 1 is 0.676 bits per heavy atom. The van der Waals surface area contributed by atoms with Gasteiger partial charge in [0.15, 0.2) is 0 Å². The third-order valence-electron chi connectivity index (χ3n) is 6.74. The van der Waals surface area contributed by atoms with E-state index in [4.69, 9.17) is 4.74 Å². The molecule has 0 saturated heterocycles. The van der Waals surface area contributed by atoms with Gasteiger partial charge >= 0.3 is 5.97 Å². The Hall–Kier alpha value is -0.320. The van der Waals surface area contributed by atoms with E-state index in [0.29, 0.717) is 13.0 Å². The van der Waals surface area contributed by atoms with Gasteiger partial charge in [-0.3, -0.25) is 4.79 Å². The third kappa shape index (κ3) is 26.3. The Morgan fingerprint density at radius 2 is 1.06 bits per heavy atom. The minimum atomic E-state index is -0.574. The van der Waals surface area contributed by atoms with Crippen molar-refractivity contribution in [2.45, 2.75) is 148 Å². The van der Waals surface area contributed by atoms with E-state index in [-0.39, 0.29) is 25.0 Å². The lowest BCUT2D eigenvalue weighted by Crippen LogP contribution is -3.00. The number of esters is 1. The third-order valence-corrected chi connectivity index (χ3v) is 6.74. The van der Waals surface area contributed by atoms with Crippen LogP contribution in [0, 0.1) is 0 Å². The van der Waals surface area contributed by atoms with Crippen molar-refractivity contribution >= 4 is 5.97 Å². The molecule has 0 spiro atoms. The highest BCUT2D eigenvalue weighted by atomic mass is 35.5. The molecule has 0 fully saturated rings. The van der Waals surface area contributed by atoms with Gasteiger partial charge in [0.2, 0.25) is 0 Å². The van der Waals surface area contributed by atoms with Crippen LogP contribution in [0.2, 0.25) is 0 Å². The van der Waals surface area contributed by atoms with Crippen LogP contribution in [0.5, 0.6) is 0 Å². The number of aliphatic hydroxyl groups is 1. The largest absolute Gasteiger partial charge is 1.00 e. The highest BCUT2D eigenvalue weighted by Crippen LogP contribution is 2.13. The smallest absolute Gasteiger partial charge is 0.305 e. The lowest BCUT2D eigenvalue weighted by molar-refractivity contribution is -0.893. The van der Waals surface area contributed by atoms with Crippen molar-refractivity contribution in [1.82, 2.24) is 0 Å². The van der Waals surface area contributed by atoms with E-state index < -0.39 is 6.10 Å². The summed E-state index contributed by atoms with van der Waals surface area (Å²) in [6.45, 7) is 6.36. The number of carbonyl (C=O) groups is 1. The summed E-state index contributed by atoms with van der Waals surface area (Å²) in [6, 6.07) is 0. The number of likely N-dealkylation sites (N-methyl/N-ethyl adjacent to an activating group) is 1. The summed E-state index contributed by atoms with van der Waals surface area (Å²) in [4.78, 5) is 12.0. The minimum Gasteiger partial charge on any atom is -1.00 e. The monoisotopic (exact) mass is 505 g/mol. The Bertz CT molecular complexity index is 432. The highest BCUT2D eigenvalue weighted by molar-refractivity contribution is 5.69. The fraction of sp³-hybridized carbons (Fsp3) is 0.966. The van der Waals surface area contributed by atoms with Gasteiger partial charge in [-0.2, -0.15) is 0 Å². The van der Waals surface area contributed by atoms with Gasteiger partial charge < -0.3 is 26.7 Å². The van der Waals surface area contributed by atoms with Gasteiger partial charge in [-0.15, -0.1) is 0 Å². The first-order valence-electron chi connectivity index (χ1n) is 14.6. The zero-order chi connectivity index (χ0) is 24.6. The molecular formula is C29H60ClNO3. The van der Waals surface area contributed by atoms with Gasteiger partial charge in [0.25, 0.3) is 0 Å². The molecule has 34 heavy (non-hydrogen) atoms. The molecule has 0 amide bonds. The number of unbranched alkanes of at least 4 members (excludes halogenated alkanes) is 17. The average Bonchev–Trinajstić information content (AvgIpc) is 2.77. The van der Waals surface area contributed by atoms with Crippen LogP contribution in [-0.2, 0) is 9.53 Å². The molecular weight excluding hydrogens is 446 g/mol. The predicted octanol–water partition coefficient (Wildman–Crippen LogP) is 4.81. The number of quaternary nitrogens is 1. The van der Waals surface area contributed by atoms with Gasteiger partial charge in [0.05, 0.1) is 20.6 Å². The van der Waals surface area contributed by atoms with Crippen LogP contribution < -0.4 is 12.4 Å². The van der Waals surface area contributed by atoms with Crippen molar-refractivity contribution in [2.24, 2.45) is 0 Å². The topological polar surface area (TPSA) is 46.5 Å². The Balaban J connectivity index is 0. The molecule has 0 aliphatic rings. The molecule has 0 radical (unpaired) electrons. The molecule has 1 atom stereocenters. The molecule has 0 saturated carbocycles. The molecule has 206 valence electrons. The van der Waals surface area contributed by atoms with Crippen LogP contribution in [0.15, 0.2) is 0 Å². The van der Waals surface area contributed by atoms with E-state index in [1.54, 1.807) is 0 Å². The second kappa shape index (κ2) is 25.8. The van der Waals surface area contributed by atoms with Crippen LogP contribution >= 0.6 is 0 Å². The van der Waals surface area contributed by atoms with Crippen molar-refractivity contribution in [2.75, 3.05) is 33.8 Å². The zero-order valence-electron chi connectivity index (χ0n) is 23.4. The summed E-state index contributed by atoms with van der Waals surface area (Å²) < 4.78 is 6.11. The normalized spacial score (nSPS) is 12.4. The molecule has 1 unspecified atom stereocenters. The van der Waals surface area contributed by atoms with Crippen molar-refractivity contribution < 1.29 is 31.5 Å². The Kier molecular flexibility index (Phi) is 27.2. The van der Waals surface area contributed by atoms with E-state index in [1.807, 2.05) is 0 Å². The van der Waals surface area contributed by atoms with Gasteiger partial charge in [-0.25, -0.2) is 0 Å². The number of hydrogen-bond donors (Lipinski definition) is 1. The molecule has 0 heterocycles. The molecule has 4 nitrogen and oxygen atoms in total. The summed E-state index contributed by atoms with van der Waals surface area (Å²) in [7, 11) is 4.34. The van der Waals surface area contributed by atoms with E-state index in [1.165, 1.54) is 109 Å². The quantitative estimate of drug-likeness (QED) is 0.110. The maximum absolute atomic E-state index is 12.0. The molecule has 0 aliphatic heterocycles. The second-order valence-electron chi connectivity index (χ2n) is 10.9. The maximum Gasteiger partial charge on any atom is 0.305 e. The fourth-order valence-electron chi connectivity index (χ4n) is 4.58. The lowest BCUT2D eigenvalue weighted by Gasteiger charge is -2.31. The molecule has 0 rings (SSSR count). The van der Waals surface area contributed by atoms with Crippen molar-refractivity contribution in [3.63, 3.8) is 0 Å². The minimum absolute atomic E-state index is 0. The first kappa shape index (κ1) is 35.8. The highest BCUT2D eigenvalue weighted by Gasteiger charge is 2.21. The molecule has 1 N–H and O–H groups in total. The Labute approximate surface area is 219 Å². The number of carbonyl (C=O) groups excluding carboxylic acids is 1. The van der Waals surface area contributed by atoms with E-state index >= 15 is 0 Å². The number of nitrogens with zero attached hydrogens (tertiary/aromatic N) is 1. The summed E-state index contributed by atoms with van der Waals surface area (Å²) in [5.74, 6) is -0.156. The SMILES string of the molecule is CCCCCCCCCCCC[N+](C)(C)CC(O)COC(=O)CCCCCCCCCCC.[Cl-]. The van der Waals surface area contributed by atoms with Gasteiger partial charge in [0, 0.05) is 6.42 Å². The first-order valence-corrected chi connectivity index (χ1v) is 14.6. The summed E-state index contributed by atoms with van der Waals surface area (Å²) in [5, 5.41) is 10.3. The van der Waals surface area contributed by atoms with Gasteiger partial charge in [0.1, 0.15) is 19.3 Å². The number of aliphatic hydroxyl groups excluding tert-OH is 1. The van der Waals surface area contributed by atoms with E-state index in [2.05, 4.69) is 27.9 Å². The van der Waals surface area contributed by atoms with Crippen LogP contribution in [0.25, 0.3) is 0 Å². The van der Waals surface area contributed by atoms with Gasteiger partial charge in [-0.05, 0) is 19.3 Å². The molecule has 0 aromatic carbocycles. The molecule has 0 aromatic heterocycles. The summed E-state index contributed by atoms with van der Waals surface area (Å²) in [6.07, 6.45) is 24.6. The molecule has 5 heteroatoms. The Morgan fingerprint density at radius 3 is 1.50 bits per heavy atom. The van der Waals surface area contributed by atoms with Gasteiger partial charge in [-0.1, -0.05) is 117 Å². The van der Waals surface area contributed by atoms with E-state index in [0.717, 1.165) is 23.9 Å². The van der Waals surface area contributed by atoms with Crippen molar-refractivity contribution in [1.29, 1.82) is 0 Å². The van der Waals surface area contributed by atoms with Crippen LogP contribution in [-0.4, -0.2) is 55.5 Å². The molecule has 0 aliphatic carbocycles. The number of rotatable bonds is 25. The van der Waals surface area contributed by atoms with Crippen molar-refractivity contribution in [3.8, 4) is 0 Å². The number of ether oxygens (including phenoxy) is 1. The molecule has 0 bridgehead atoms. The van der Waals surface area contributed by atoms with Crippen LogP contribution in [0.4, 0.5) is 0 Å². The second-order valence-corrected chi connectivity index (χ2v) is 10.9. The van der Waals surface area contributed by atoms with Crippen LogP contribution in [0.1, 0.15) is 142 Å². The van der Waals surface area contributed by atoms with E-state index in [9.17, 15) is 9.90 Å². The summed E-state index contributed by atoms with van der Waals surface area (Å²) in [5.41, 5.74) is 0. The zero-order valence-corrected chi connectivity index (χ0v) is 24.2. The fourth-order valence-corrected chi connectivity index (χ4v) is 4.58. The average molecular weight is 506 g/mol. The first-order chi connectivity index (χ1) is 15.9. The van der Waals surface area contributed by atoms with Crippen molar-refractivity contribution in [3.05, 3.63) is 0 Å².